The van der Waals surface area contributed by atoms with Crippen molar-refractivity contribution >= 4 is 29.1 Å². The number of anilines is 2. The molecule has 1 saturated heterocycles. The van der Waals surface area contributed by atoms with Crippen molar-refractivity contribution in [3.63, 3.8) is 0 Å². The molecule has 0 atom stereocenters. The third-order valence-electron chi connectivity index (χ3n) is 7.15. The number of nitrogens with one attached hydrogen (secondary N) is 2. The van der Waals surface area contributed by atoms with Crippen LogP contribution in [0, 0.1) is 26.6 Å². The number of piperidine rings is 1. The maximum atomic E-state index is 13.6. The van der Waals surface area contributed by atoms with E-state index in [1.54, 1.807) is 51.0 Å². The lowest BCUT2D eigenvalue weighted by molar-refractivity contribution is -0.119. The van der Waals surface area contributed by atoms with Gasteiger partial charge in [0.25, 0.3) is 17.6 Å². The Labute approximate surface area is 215 Å². The number of rotatable bonds is 6. The number of carbonyl (C=O) groups is 3. The minimum absolute atomic E-state index is 0.163. The fourth-order valence-electron chi connectivity index (χ4n) is 4.80. The van der Waals surface area contributed by atoms with E-state index in [1.165, 1.54) is 18.2 Å². The minimum atomic E-state index is -0.708. The molecular formula is C27H31FN6O3. The Morgan fingerprint density at radius 1 is 1.08 bits per heavy atom. The lowest BCUT2D eigenvalue weighted by Gasteiger charge is -2.40. The van der Waals surface area contributed by atoms with Gasteiger partial charge >= 0.3 is 0 Å². The monoisotopic (exact) mass is 506 g/mol. The van der Waals surface area contributed by atoms with E-state index in [0.717, 1.165) is 5.82 Å². The largest absolute Gasteiger partial charge is 0.355 e. The molecule has 0 unspecified atom stereocenters. The molecule has 2 amide bonds. The molecule has 0 bridgehead atoms. The van der Waals surface area contributed by atoms with Crippen LogP contribution in [0.5, 0.6) is 0 Å². The summed E-state index contributed by atoms with van der Waals surface area (Å²) in [7, 11) is 1.66. The van der Waals surface area contributed by atoms with Crippen LogP contribution >= 0.6 is 0 Å². The van der Waals surface area contributed by atoms with Gasteiger partial charge in [-0.2, -0.15) is 0 Å². The summed E-state index contributed by atoms with van der Waals surface area (Å²) in [6.07, 6.45) is 6.24. The van der Waals surface area contributed by atoms with Crippen LogP contribution in [0.2, 0.25) is 0 Å². The number of nitrogens with zero attached hydrogens (tertiary/aromatic N) is 4. The number of Topliss-reactive ketones (excluding diaryl/α,β-unsaturated/α-hetero) is 1. The molecule has 2 N–H and O–H groups in total. The van der Waals surface area contributed by atoms with E-state index in [-0.39, 0.29) is 11.5 Å². The van der Waals surface area contributed by atoms with Crippen LogP contribution in [0.3, 0.4) is 0 Å². The highest BCUT2D eigenvalue weighted by Gasteiger charge is 2.36. The maximum absolute atomic E-state index is 13.6. The number of amides is 2. The normalized spacial score (nSPS) is 14.8. The third kappa shape index (κ3) is 5.23. The summed E-state index contributed by atoms with van der Waals surface area (Å²) in [5, 5.41) is 5.69. The molecule has 1 aliphatic heterocycles. The van der Waals surface area contributed by atoms with Crippen molar-refractivity contribution in [1.82, 2.24) is 19.9 Å². The molecule has 0 radical (unpaired) electrons. The molecule has 4 rings (SSSR count). The number of ketones is 1. The van der Waals surface area contributed by atoms with Gasteiger partial charge in [0.05, 0.1) is 17.5 Å². The molecule has 0 saturated carbocycles. The Kier molecular flexibility index (Phi) is 7.11. The van der Waals surface area contributed by atoms with E-state index < -0.39 is 23.1 Å². The van der Waals surface area contributed by atoms with Gasteiger partial charge in [0, 0.05) is 49.5 Å². The second-order valence-corrected chi connectivity index (χ2v) is 9.81. The summed E-state index contributed by atoms with van der Waals surface area (Å²) < 4.78 is 15.2. The Bertz CT molecular complexity index is 1360. The molecule has 3 heterocycles. The summed E-state index contributed by atoms with van der Waals surface area (Å²) in [5.41, 5.74) is 1.73. The fraction of sp³-hybridized carbons (Fsp3) is 0.370. The molecule has 1 fully saturated rings. The van der Waals surface area contributed by atoms with Crippen LogP contribution in [-0.4, -0.2) is 50.8 Å². The molecule has 9 nitrogen and oxygen atoms in total. The average Bonchev–Trinajstić information content (AvgIpc) is 3.09. The molecule has 10 heteroatoms. The van der Waals surface area contributed by atoms with E-state index in [1.807, 2.05) is 6.92 Å². The van der Waals surface area contributed by atoms with Gasteiger partial charge in [-0.15, -0.1) is 0 Å². The average molecular weight is 507 g/mol. The molecule has 0 aliphatic carbocycles. The van der Waals surface area contributed by atoms with E-state index in [2.05, 4.69) is 25.5 Å². The second kappa shape index (κ2) is 10.1. The van der Waals surface area contributed by atoms with Crippen molar-refractivity contribution in [3.8, 4) is 0 Å². The van der Waals surface area contributed by atoms with Gasteiger partial charge in [-0.25, -0.2) is 9.37 Å². The first-order valence-electron chi connectivity index (χ1n) is 12.1. The van der Waals surface area contributed by atoms with Crippen molar-refractivity contribution in [1.29, 1.82) is 0 Å². The Balaban J connectivity index is 1.47. The van der Waals surface area contributed by atoms with Crippen molar-refractivity contribution in [2.45, 2.75) is 46.1 Å². The van der Waals surface area contributed by atoms with Gasteiger partial charge in [-0.05, 0) is 69.9 Å². The summed E-state index contributed by atoms with van der Waals surface area (Å²) in [5.74, 6) is -1.42. The molecule has 3 aromatic rings. The first-order valence-corrected chi connectivity index (χ1v) is 12.1. The lowest BCUT2D eigenvalue weighted by Crippen LogP contribution is -2.55. The SMILES string of the molecule is Cc1cc(NC(=O)c2c(C)c(C(=O)C(=O)NC3(C)CCN(c4cnccn4)CC3)n(C)c2C)ccc1F. The van der Waals surface area contributed by atoms with Crippen LogP contribution in [0.25, 0.3) is 0 Å². The van der Waals surface area contributed by atoms with Crippen LogP contribution < -0.4 is 15.5 Å². The standard InChI is InChI=1S/C27H31FN6O3/c1-16-14-19(6-7-20(16)28)31-25(36)22-17(2)23(33(5)18(22)3)24(35)26(37)32-27(4)8-12-34(13-9-27)21-15-29-10-11-30-21/h6-7,10-11,14-15H,8-9,12-13H2,1-5H3,(H,31,36)(H,32,37). The fourth-order valence-corrected chi connectivity index (χ4v) is 4.80. The topological polar surface area (TPSA) is 109 Å². The Hall–Kier alpha value is -4.08. The zero-order chi connectivity index (χ0) is 26.9. The third-order valence-corrected chi connectivity index (χ3v) is 7.15. The van der Waals surface area contributed by atoms with Crippen molar-refractivity contribution in [3.05, 3.63) is 70.7 Å². The van der Waals surface area contributed by atoms with Gasteiger partial charge in [-0.1, -0.05) is 0 Å². The predicted octanol–water partition coefficient (Wildman–Crippen LogP) is 3.49. The Morgan fingerprint density at radius 2 is 1.78 bits per heavy atom. The number of halogens is 1. The first kappa shape index (κ1) is 26.0. The van der Waals surface area contributed by atoms with Crippen LogP contribution in [0.15, 0.2) is 36.8 Å². The van der Waals surface area contributed by atoms with Gasteiger partial charge < -0.3 is 20.1 Å². The van der Waals surface area contributed by atoms with Gasteiger partial charge in [0.15, 0.2) is 0 Å². The number of hydrogen-bond donors (Lipinski definition) is 2. The quantitative estimate of drug-likeness (QED) is 0.391. The first-order chi connectivity index (χ1) is 17.5. The summed E-state index contributed by atoms with van der Waals surface area (Å²) in [4.78, 5) is 50.0. The highest BCUT2D eigenvalue weighted by atomic mass is 19.1. The molecule has 194 valence electrons. The highest BCUT2D eigenvalue weighted by molar-refractivity contribution is 6.43. The Morgan fingerprint density at radius 3 is 2.41 bits per heavy atom. The van der Waals surface area contributed by atoms with Crippen LogP contribution in [0.4, 0.5) is 15.9 Å². The van der Waals surface area contributed by atoms with E-state index in [0.29, 0.717) is 54.0 Å². The zero-order valence-electron chi connectivity index (χ0n) is 21.7. The molecule has 37 heavy (non-hydrogen) atoms. The van der Waals surface area contributed by atoms with Crippen molar-refractivity contribution in [2.75, 3.05) is 23.3 Å². The molecular weight excluding hydrogens is 475 g/mol. The molecule has 1 aromatic carbocycles. The zero-order valence-corrected chi connectivity index (χ0v) is 21.7. The van der Waals surface area contributed by atoms with E-state index in [9.17, 15) is 18.8 Å². The number of carbonyl (C=O) groups excluding carboxylic acids is 3. The van der Waals surface area contributed by atoms with Gasteiger partial charge in [0.2, 0.25) is 0 Å². The van der Waals surface area contributed by atoms with Gasteiger partial charge in [-0.3, -0.25) is 19.4 Å². The van der Waals surface area contributed by atoms with E-state index >= 15 is 0 Å². The van der Waals surface area contributed by atoms with Crippen molar-refractivity contribution < 1.29 is 18.8 Å². The van der Waals surface area contributed by atoms with Crippen LogP contribution in [0.1, 0.15) is 57.4 Å². The molecule has 1 aliphatic rings. The molecule has 2 aromatic heterocycles. The maximum Gasteiger partial charge on any atom is 0.294 e. The minimum Gasteiger partial charge on any atom is -0.355 e. The highest BCUT2D eigenvalue weighted by Crippen LogP contribution is 2.27. The smallest absolute Gasteiger partial charge is 0.294 e. The van der Waals surface area contributed by atoms with Gasteiger partial charge in [0.1, 0.15) is 11.6 Å². The predicted molar refractivity (Wildman–Crippen MR) is 138 cm³/mol. The number of aryl methyl sites for hydroxylation is 1. The van der Waals surface area contributed by atoms with Crippen LogP contribution in [-0.2, 0) is 11.8 Å². The number of aromatic nitrogens is 3. The molecule has 0 spiro atoms. The van der Waals surface area contributed by atoms with E-state index in [4.69, 9.17) is 0 Å². The lowest BCUT2D eigenvalue weighted by atomic mass is 9.89. The summed E-state index contributed by atoms with van der Waals surface area (Å²) >= 11 is 0. The summed E-state index contributed by atoms with van der Waals surface area (Å²) in [6.45, 7) is 8.24. The number of benzene rings is 1. The number of hydrogen-bond acceptors (Lipinski definition) is 6. The summed E-state index contributed by atoms with van der Waals surface area (Å²) in [6, 6.07) is 4.30. The van der Waals surface area contributed by atoms with Crippen molar-refractivity contribution in [2.24, 2.45) is 7.05 Å². The second-order valence-electron chi connectivity index (χ2n) is 9.81.